The lowest BCUT2D eigenvalue weighted by atomic mass is 10.0. The zero-order valence-electron chi connectivity index (χ0n) is 12.8. The molecule has 0 amide bonds. The Bertz CT molecular complexity index is 894. The minimum atomic E-state index is -4.75. The van der Waals surface area contributed by atoms with Crippen molar-refractivity contribution in [2.24, 2.45) is 0 Å². The average molecular weight is 346 g/mol. The highest BCUT2D eigenvalue weighted by molar-refractivity contribution is 5.79. The van der Waals surface area contributed by atoms with E-state index in [4.69, 9.17) is 5.73 Å². The smallest absolute Gasteiger partial charge is 0.508 e. The van der Waals surface area contributed by atoms with Gasteiger partial charge in [0.25, 0.3) is 0 Å². The number of ether oxygens (including phenoxy) is 1. The first-order chi connectivity index (χ1) is 11.8. The summed E-state index contributed by atoms with van der Waals surface area (Å²) in [6.07, 6.45) is -3.28. The molecule has 1 aromatic heterocycles. The van der Waals surface area contributed by atoms with Gasteiger partial charge in [0.15, 0.2) is 0 Å². The number of nitrogens with zero attached hydrogens (tertiary/aromatic N) is 1. The Morgan fingerprint density at radius 2 is 1.64 bits per heavy atom. The van der Waals surface area contributed by atoms with Gasteiger partial charge in [-0.05, 0) is 41.5 Å². The molecule has 2 aromatic carbocycles. The van der Waals surface area contributed by atoms with Gasteiger partial charge in [-0.2, -0.15) is 0 Å². The SMILES string of the molecule is Nc1ncc(-c2cccc(OC(F)(F)F)c2)cc1-c1ccc(O)cc1. The number of alkyl halides is 3. The van der Waals surface area contributed by atoms with E-state index in [2.05, 4.69) is 9.72 Å². The second-order valence-corrected chi connectivity index (χ2v) is 5.28. The predicted octanol–water partition coefficient (Wildman–Crippen LogP) is 4.60. The van der Waals surface area contributed by atoms with Gasteiger partial charge < -0.3 is 15.6 Å². The molecule has 3 aromatic rings. The van der Waals surface area contributed by atoms with Crippen molar-refractivity contribution in [3.8, 4) is 33.8 Å². The number of hydrogen-bond acceptors (Lipinski definition) is 4. The second kappa shape index (κ2) is 6.35. The Labute approximate surface area is 141 Å². The molecule has 0 aliphatic carbocycles. The Balaban J connectivity index is 2.00. The number of benzene rings is 2. The first kappa shape index (κ1) is 16.6. The van der Waals surface area contributed by atoms with Crippen LogP contribution in [-0.4, -0.2) is 16.5 Å². The molecular weight excluding hydrogens is 333 g/mol. The van der Waals surface area contributed by atoms with Crippen LogP contribution >= 0.6 is 0 Å². The number of aromatic nitrogens is 1. The van der Waals surface area contributed by atoms with Gasteiger partial charge >= 0.3 is 6.36 Å². The third-order valence-electron chi connectivity index (χ3n) is 3.50. The predicted molar refractivity (Wildman–Crippen MR) is 87.9 cm³/mol. The van der Waals surface area contributed by atoms with Gasteiger partial charge in [0.2, 0.25) is 0 Å². The van der Waals surface area contributed by atoms with Gasteiger partial charge in [0, 0.05) is 17.3 Å². The Kier molecular flexibility index (Phi) is 4.22. The molecule has 25 heavy (non-hydrogen) atoms. The summed E-state index contributed by atoms with van der Waals surface area (Å²) in [6, 6.07) is 13.7. The van der Waals surface area contributed by atoms with E-state index in [0.29, 0.717) is 16.7 Å². The fraction of sp³-hybridized carbons (Fsp3) is 0.0556. The van der Waals surface area contributed by atoms with Crippen molar-refractivity contribution in [2.75, 3.05) is 5.73 Å². The van der Waals surface area contributed by atoms with Crippen molar-refractivity contribution in [3.05, 3.63) is 60.8 Å². The van der Waals surface area contributed by atoms with Crippen LogP contribution in [0.3, 0.4) is 0 Å². The van der Waals surface area contributed by atoms with Gasteiger partial charge in [0.05, 0.1) is 0 Å². The van der Waals surface area contributed by atoms with Crippen LogP contribution in [0.1, 0.15) is 0 Å². The monoisotopic (exact) mass is 346 g/mol. The lowest BCUT2D eigenvalue weighted by molar-refractivity contribution is -0.274. The van der Waals surface area contributed by atoms with Gasteiger partial charge in [-0.25, -0.2) is 4.98 Å². The van der Waals surface area contributed by atoms with Crippen LogP contribution < -0.4 is 10.5 Å². The summed E-state index contributed by atoms with van der Waals surface area (Å²) in [7, 11) is 0. The summed E-state index contributed by atoms with van der Waals surface area (Å²) in [6.45, 7) is 0. The van der Waals surface area contributed by atoms with Crippen molar-refractivity contribution in [1.29, 1.82) is 0 Å². The van der Waals surface area contributed by atoms with Gasteiger partial charge in [-0.1, -0.05) is 24.3 Å². The van der Waals surface area contributed by atoms with Crippen LogP contribution in [0.2, 0.25) is 0 Å². The minimum absolute atomic E-state index is 0.114. The standard InChI is InChI=1S/C18H13F3N2O2/c19-18(20,21)25-15-3-1-2-12(8-15)13-9-16(17(22)23-10-13)11-4-6-14(24)7-5-11/h1-10,24H,(H2,22,23). The molecule has 0 spiro atoms. The highest BCUT2D eigenvalue weighted by atomic mass is 19.4. The number of aromatic hydroxyl groups is 1. The van der Waals surface area contributed by atoms with Crippen LogP contribution in [0.25, 0.3) is 22.3 Å². The van der Waals surface area contributed by atoms with E-state index < -0.39 is 6.36 Å². The van der Waals surface area contributed by atoms with Gasteiger partial charge in [-0.3, -0.25) is 0 Å². The highest BCUT2D eigenvalue weighted by Gasteiger charge is 2.31. The number of halogens is 3. The van der Waals surface area contributed by atoms with Gasteiger partial charge in [0.1, 0.15) is 17.3 Å². The average Bonchev–Trinajstić information content (AvgIpc) is 2.55. The molecule has 3 N–H and O–H groups in total. The topological polar surface area (TPSA) is 68.4 Å². The molecule has 0 atom stereocenters. The maximum atomic E-state index is 12.4. The van der Waals surface area contributed by atoms with E-state index in [1.54, 1.807) is 24.3 Å². The first-order valence-corrected chi connectivity index (χ1v) is 7.23. The maximum Gasteiger partial charge on any atom is 0.573 e. The van der Waals surface area contributed by atoms with Crippen molar-refractivity contribution in [3.63, 3.8) is 0 Å². The molecule has 0 saturated heterocycles. The summed E-state index contributed by atoms with van der Waals surface area (Å²) >= 11 is 0. The lowest BCUT2D eigenvalue weighted by Gasteiger charge is -2.11. The largest absolute Gasteiger partial charge is 0.573 e. The Morgan fingerprint density at radius 3 is 2.32 bits per heavy atom. The molecule has 128 valence electrons. The van der Waals surface area contributed by atoms with Crippen molar-refractivity contribution < 1.29 is 23.0 Å². The fourth-order valence-corrected chi connectivity index (χ4v) is 2.38. The van der Waals surface area contributed by atoms with Crippen LogP contribution in [-0.2, 0) is 0 Å². The molecule has 0 fully saturated rings. The summed E-state index contributed by atoms with van der Waals surface area (Å²) in [5.41, 5.74) is 8.34. The number of anilines is 1. The molecular formula is C18H13F3N2O2. The quantitative estimate of drug-likeness (QED) is 0.727. The normalized spacial score (nSPS) is 11.3. The number of rotatable bonds is 3. The third-order valence-corrected chi connectivity index (χ3v) is 3.50. The number of phenols is 1. The first-order valence-electron chi connectivity index (χ1n) is 7.23. The Morgan fingerprint density at radius 1 is 0.920 bits per heavy atom. The summed E-state index contributed by atoms with van der Waals surface area (Å²) in [5, 5.41) is 9.38. The number of nitrogens with two attached hydrogens (primary N) is 1. The van der Waals surface area contributed by atoms with Gasteiger partial charge in [-0.15, -0.1) is 13.2 Å². The number of pyridine rings is 1. The van der Waals surface area contributed by atoms with Crippen LogP contribution in [0.15, 0.2) is 60.8 Å². The summed E-state index contributed by atoms with van der Waals surface area (Å²) in [4.78, 5) is 4.11. The van der Waals surface area contributed by atoms with Crippen LogP contribution in [0, 0.1) is 0 Å². The van der Waals surface area contributed by atoms with Crippen LogP contribution in [0.5, 0.6) is 11.5 Å². The molecule has 7 heteroatoms. The van der Waals surface area contributed by atoms with E-state index >= 15 is 0 Å². The van der Waals surface area contributed by atoms with E-state index in [1.165, 1.54) is 36.5 Å². The lowest BCUT2D eigenvalue weighted by Crippen LogP contribution is -2.17. The molecule has 3 rings (SSSR count). The second-order valence-electron chi connectivity index (χ2n) is 5.28. The molecule has 1 heterocycles. The van der Waals surface area contributed by atoms with Crippen LogP contribution in [0.4, 0.5) is 19.0 Å². The Hall–Kier alpha value is -3.22. The summed E-state index contributed by atoms with van der Waals surface area (Å²) < 4.78 is 41.1. The van der Waals surface area contributed by atoms with E-state index in [9.17, 15) is 18.3 Å². The number of phenolic OH excluding ortho intramolecular Hbond substituents is 1. The fourth-order valence-electron chi connectivity index (χ4n) is 2.38. The third kappa shape index (κ3) is 4.00. The molecule has 0 aliphatic heterocycles. The maximum absolute atomic E-state index is 12.4. The molecule has 0 bridgehead atoms. The molecule has 0 radical (unpaired) electrons. The molecule has 0 aliphatic rings. The van der Waals surface area contributed by atoms with E-state index in [1.807, 2.05) is 0 Å². The molecule has 0 saturated carbocycles. The minimum Gasteiger partial charge on any atom is -0.508 e. The number of hydrogen-bond donors (Lipinski definition) is 2. The van der Waals surface area contributed by atoms with Crippen molar-refractivity contribution in [1.82, 2.24) is 4.98 Å². The zero-order chi connectivity index (χ0) is 18.0. The number of nitrogen functional groups attached to an aromatic ring is 1. The summed E-state index contributed by atoms with van der Waals surface area (Å²) in [5.74, 6) is 0.0774. The highest BCUT2D eigenvalue weighted by Crippen LogP contribution is 2.32. The zero-order valence-corrected chi connectivity index (χ0v) is 12.8. The van der Waals surface area contributed by atoms with E-state index in [0.717, 1.165) is 5.56 Å². The van der Waals surface area contributed by atoms with Crippen molar-refractivity contribution >= 4 is 5.82 Å². The molecule has 0 unspecified atom stereocenters. The van der Waals surface area contributed by atoms with E-state index in [-0.39, 0.29) is 17.3 Å². The van der Waals surface area contributed by atoms with Crippen molar-refractivity contribution in [2.45, 2.75) is 6.36 Å². The molecule has 4 nitrogen and oxygen atoms in total.